The van der Waals surface area contributed by atoms with Crippen LogP contribution in [-0.2, 0) is 6.18 Å². The lowest BCUT2D eigenvalue weighted by atomic mass is 10.1. The molecular weight excluding hydrogens is 353 g/mol. The predicted octanol–water partition coefficient (Wildman–Crippen LogP) is 3.72. The third kappa shape index (κ3) is 3.59. The number of halogens is 4. The van der Waals surface area contributed by atoms with E-state index in [0.717, 1.165) is 18.3 Å². The molecule has 2 aromatic heterocycles. The highest BCUT2D eigenvalue weighted by Gasteiger charge is 2.35. The molecule has 0 unspecified atom stereocenters. The van der Waals surface area contributed by atoms with Gasteiger partial charge in [-0.3, -0.25) is 4.79 Å². The zero-order chi connectivity index (χ0) is 16.6. The molecule has 9 heteroatoms. The lowest BCUT2D eigenvalue weighted by Crippen LogP contribution is -2.56. The SMILES string of the molecule is O=C(c1ccc(Cl)s1)N1CC(Oc2cc(C(F)(F)F)ccn2)C1. The summed E-state index contributed by atoms with van der Waals surface area (Å²) in [6.45, 7) is 0.596. The summed E-state index contributed by atoms with van der Waals surface area (Å²) < 4.78 is 43.7. The number of ether oxygens (including phenoxy) is 1. The molecule has 0 bridgehead atoms. The van der Waals surface area contributed by atoms with Crippen molar-refractivity contribution in [1.82, 2.24) is 9.88 Å². The Balaban J connectivity index is 1.57. The predicted molar refractivity (Wildman–Crippen MR) is 78.9 cm³/mol. The van der Waals surface area contributed by atoms with Crippen molar-refractivity contribution in [3.63, 3.8) is 0 Å². The number of aromatic nitrogens is 1. The van der Waals surface area contributed by atoms with E-state index in [0.29, 0.717) is 22.3 Å². The van der Waals surface area contributed by atoms with E-state index in [1.807, 2.05) is 0 Å². The first-order valence-corrected chi connectivity index (χ1v) is 7.77. The van der Waals surface area contributed by atoms with Gasteiger partial charge in [-0.15, -0.1) is 11.3 Å². The van der Waals surface area contributed by atoms with E-state index in [4.69, 9.17) is 16.3 Å². The topological polar surface area (TPSA) is 42.4 Å². The Morgan fingerprint density at radius 3 is 2.70 bits per heavy atom. The van der Waals surface area contributed by atoms with Crippen molar-refractivity contribution in [3.05, 3.63) is 45.2 Å². The maximum atomic E-state index is 12.6. The minimum Gasteiger partial charge on any atom is -0.471 e. The standard InChI is InChI=1S/C14H10ClF3N2O2S/c15-11-2-1-10(23-11)13(21)20-6-9(7-20)22-12-5-8(3-4-19-12)14(16,17)18/h1-5,9H,6-7H2. The van der Waals surface area contributed by atoms with Gasteiger partial charge in [0.05, 0.1) is 27.9 Å². The van der Waals surface area contributed by atoms with Gasteiger partial charge < -0.3 is 9.64 Å². The van der Waals surface area contributed by atoms with Crippen molar-refractivity contribution in [2.75, 3.05) is 13.1 Å². The van der Waals surface area contributed by atoms with Gasteiger partial charge in [0.2, 0.25) is 5.88 Å². The summed E-state index contributed by atoms with van der Waals surface area (Å²) in [4.78, 5) is 17.9. The van der Waals surface area contributed by atoms with E-state index in [-0.39, 0.29) is 17.9 Å². The molecule has 3 heterocycles. The van der Waals surface area contributed by atoms with Crippen molar-refractivity contribution < 1.29 is 22.7 Å². The molecule has 0 radical (unpaired) electrons. The first-order chi connectivity index (χ1) is 10.8. The number of alkyl halides is 3. The number of thiophene rings is 1. The third-order valence-electron chi connectivity index (χ3n) is 3.27. The normalized spacial score (nSPS) is 15.4. The maximum absolute atomic E-state index is 12.6. The van der Waals surface area contributed by atoms with Crippen molar-refractivity contribution in [1.29, 1.82) is 0 Å². The van der Waals surface area contributed by atoms with Gasteiger partial charge in [0.15, 0.2) is 0 Å². The molecular formula is C14H10ClF3N2O2S. The second kappa shape index (κ2) is 6.01. The third-order valence-corrected chi connectivity index (χ3v) is 4.49. The van der Waals surface area contributed by atoms with E-state index < -0.39 is 11.7 Å². The van der Waals surface area contributed by atoms with Crippen LogP contribution in [-0.4, -0.2) is 35.0 Å². The highest BCUT2D eigenvalue weighted by molar-refractivity contribution is 7.17. The molecule has 4 nitrogen and oxygen atoms in total. The van der Waals surface area contributed by atoms with E-state index in [9.17, 15) is 18.0 Å². The minimum absolute atomic E-state index is 0.101. The first kappa shape index (κ1) is 16.1. The highest BCUT2D eigenvalue weighted by Crippen LogP contribution is 2.31. The summed E-state index contributed by atoms with van der Waals surface area (Å²) in [6, 6.07) is 5.01. The van der Waals surface area contributed by atoms with Crippen LogP contribution in [0.2, 0.25) is 4.34 Å². The number of pyridine rings is 1. The van der Waals surface area contributed by atoms with Gasteiger partial charge in [-0.2, -0.15) is 13.2 Å². The van der Waals surface area contributed by atoms with Crippen LogP contribution in [0.5, 0.6) is 5.88 Å². The molecule has 2 aromatic rings. The minimum atomic E-state index is -4.44. The van der Waals surface area contributed by atoms with Gasteiger partial charge in [-0.05, 0) is 18.2 Å². The summed E-state index contributed by atoms with van der Waals surface area (Å²) in [7, 11) is 0. The lowest BCUT2D eigenvalue weighted by molar-refractivity contribution is -0.137. The van der Waals surface area contributed by atoms with Gasteiger partial charge in [0.25, 0.3) is 5.91 Å². The van der Waals surface area contributed by atoms with E-state index in [1.165, 1.54) is 11.3 Å². The van der Waals surface area contributed by atoms with Crippen molar-refractivity contribution in [2.45, 2.75) is 12.3 Å². The lowest BCUT2D eigenvalue weighted by Gasteiger charge is -2.38. The Hall–Kier alpha value is -1.80. The van der Waals surface area contributed by atoms with Crippen LogP contribution in [0, 0.1) is 0 Å². The molecule has 3 rings (SSSR count). The Labute approximate surface area is 138 Å². The monoisotopic (exact) mass is 362 g/mol. The molecule has 0 saturated carbocycles. The fourth-order valence-corrected chi connectivity index (χ4v) is 3.10. The van der Waals surface area contributed by atoms with E-state index in [1.54, 1.807) is 17.0 Å². The van der Waals surface area contributed by atoms with Crippen LogP contribution in [0.15, 0.2) is 30.5 Å². The fraction of sp³-hybridized carbons (Fsp3) is 0.286. The van der Waals surface area contributed by atoms with Crippen LogP contribution in [0.1, 0.15) is 15.2 Å². The molecule has 1 fully saturated rings. The van der Waals surface area contributed by atoms with Gasteiger partial charge >= 0.3 is 6.18 Å². The smallest absolute Gasteiger partial charge is 0.416 e. The van der Waals surface area contributed by atoms with E-state index >= 15 is 0 Å². The summed E-state index contributed by atoms with van der Waals surface area (Å²) in [6.07, 6.45) is -3.76. The number of hydrogen-bond donors (Lipinski definition) is 0. The van der Waals surface area contributed by atoms with Crippen molar-refractivity contribution >= 4 is 28.8 Å². The van der Waals surface area contributed by atoms with Crippen molar-refractivity contribution in [2.24, 2.45) is 0 Å². The molecule has 1 aliphatic heterocycles. The highest BCUT2D eigenvalue weighted by atomic mass is 35.5. The fourth-order valence-electron chi connectivity index (χ4n) is 2.08. The van der Waals surface area contributed by atoms with Gasteiger partial charge in [0, 0.05) is 12.3 Å². The maximum Gasteiger partial charge on any atom is 0.416 e. The number of nitrogens with zero attached hydrogens (tertiary/aromatic N) is 2. The Bertz CT molecular complexity index is 729. The molecule has 1 saturated heterocycles. The number of carbonyl (C=O) groups excluding carboxylic acids is 1. The number of carbonyl (C=O) groups is 1. The number of rotatable bonds is 3. The molecule has 0 spiro atoms. The van der Waals surface area contributed by atoms with Gasteiger partial charge in [-0.1, -0.05) is 11.6 Å². The summed E-state index contributed by atoms with van der Waals surface area (Å²) >= 11 is 6.96. The summed E-state index contributed by atoms with van der Waals surface area (Å²) in [5.41, 5.74) is -0.817. The van der Waals surface area contributed by atoms with Crippen LogP contribution in [0.25, 0.3) is 0 Å². The Morgan fingerprint density at radius 2 is 2.09 bits per heavy atom. The second-order valence-electron chi connectivity index (χ2n) is 4.93. The van der Waals surface area contributed by atoms with Crippen LogP contribution in [0.3, 0.4) is 0 Å². The number of hydrogen-bond acceptors (Lipinski definition) is 4. The van der Waals surface area contributed by atoms with Crippen molar-refractivity contribution in [3.8, 4) is 5.88 Å². The number of likely N-dealkylation sites (tertiary alicyclic amines) is 1. The number of amides is 1. The molecule has 122 valence electrons. The van der Waals surface area contributed by atoms with Crippen LogP contribution >= 0.6 is 22.9 Å². The average Bonchev–Trinajstić information content (AvgIpc) is 2.88. The largest absolute Gasteiger partial charge is 0.471 e. The van der Waals surface area contributed by atoms with Crippen LogP contribution in [0.4, 0.5) is 13.2 Å². The molecule has 0 aliphatic carbocycles. The van der Waals surface area contributed by atoms with Gasteiger partial charge in [-0.25, -0.2) is 4.98 Å². The molecule has 0 atom stereocenters. The summed E-state index contributed by atoms with van der Waals surface area (Å²) in [5, 5.41) is 0. The molecule has 1 amide bonds. The van der Waals surface area contributed by atoms with Gasteiger partial charge in [0.1, 0.15) is 6.10 Å². The molecule has 1 aliphatic rings. The summed E-state index contributed by atoms with van der Waals surface area (Å²) in [5.74, 6) is -0.269. The Kier molecular flexibility index (Phi) is 4.20. The molecule has 23 heavy (non-hydrogen) atoms. The zero-order valence-corrected chi connectivity index (χ0v) is 13.1. The average molecular weight is 363 g/mol. The Morgan fingerprint density at radius 1 is 1.35 bits per heavy atom. The second-order valence-corrected chi connectivity index (χ2v) is 6.65. The molecule has 0 N–H and O–H groups in total. The quantitative estimate of drug-likeness (QED) is 0.835. The van der Waals surface area contributed by atoms with Crippen LogP contribution < -0.4 is 4.74 Å². The van der Waals surface area contributed by atoms with E-state index in [2.05, 4.69) is 4.98 Å². The zero-order valence-electron chi connectivity index (χ0n) is 11.5. The molecule has 0 aromatic carbocycles. The first-order valence-electron chi connectivity index (χ1n) is 6.57.